The molecule has 0 aromatic heterocycles. The number of terminal acetylenes is 2. The maximum Gasteiger partial charge on any atom is 0.261 e. The molecule has 14 heavy (non-hydrogen) atoms. The Bertz CT molecular complexity index is 230. The van der Waals surface area contributed by atoms with Crippen molar-refractivity contribution in [3.63, 3.8) is 0 Å². The first kappa shape index (κ1) is 12.5. The van der Waals surface area contributed by atoms with E-state index in [1.54, 1.807) is 11.2 Å². The van der Waals surface area contributed by atoms with E-state index in [0.29, 0.717) is 0 Å². The monoisotopic (exact) mass is 194 g/mol. The van der Waals surface area contributed by atoms with Gasteiger partial charge in [0.05, 0.1) is 6.34 Å². The summed E-state index contributed by atoms with van der Waals surface area (Å²) >= 11 is 0. The van der Waals surface area contributed by atoms with Crippen LogP contribution in [-0.4, -0.2) is 45.0 Å². The average Bonchev–Trinajstić information content (AvgIpc) is 2.16. The molecule has 0 saturated heterocycles. The Morgan fingerprint density at radius 3 is 2.14 bits per heavy atom. The van der Waals surface area contributed by atoms with Crippen LogP contribution in [0.25, 0.3) is 0 Å². The summed E-state index contributed by atoms with van der Waals surface area (Å²) in [6.07, 6.45) is 10.9. The highest BCUT2D eigenvalue weighted by Crippen LogP contribution is 1.95. The van der Waals surface area contributed by atoms with E-state index in [-0.39, 0.29) is 13.2 Å². The minimum absolute atomic E-state index is 0.139. The molecule has 0 spiro atoms. The largest absolute Gasteiger partial charge is 0.369 e. The second-order valence-corrected chi connectivity index (χ2v) is 2.57. The number of ether oxygens (including phenoxy) is 2. The Balaban J connectivity index is 3.98. The lowest BCUT2D eigenvalue weighted by molar-refractivity contribution is -0.117. The molecule has 4 nitrogen and oxygen atoms in total. The quantitative estimate of drug-likeness (QED) is 0.261. The second-order valence-electron chi connectivity index (χ2n) is 2.57. The van der Waals surface area contributed by atoms with Crippen LogP contribution in [0.15, 0.2) is 4.99 Å². The first-order valence-corrected chi connectivity index (χ1v) is 4.00. The van der Waals surface area contributed by atoms with Crippen molar-refractivity contribution in [1.29, 1.82) is 0 Å². The molecule has 0 aliphatic rings. The fourth-order valence-corrected chi connectivity index (χ4v) is 0.561. The van der Waals surface area contributed by atoms with Gasteiger partial charge in [-0.15, -0.1) is 12.8 Å². The first-order chi connectivity index (χ1) is 6.70. The molecular formula is C10H14N2O2. The standard InChI is InChI=1S/C10H14N2O2/c1-5-7-13-10(14-8-6-2)11-9-12(3)4/h1-2,9-10H,7-8H2,3-4H3. The van der Waals surface area contributed by atoms with Crippen LogP contribution in [0.1, 0.15) is 0 Å². The van der Waals surface area contributed by atoms with Gasteiger partial charge >= 0.3 is 0 Å². The molecule has 0 unspecified atom stereocenters. The SMILES string of the molecule is C#CCOC(N=CN(C)C)OCC#C. The first-order valence-electron chi connectivity index (χ1n) is 4.00. The van der Waals surface area contributed by atoms with Gasteiger partial charge in [0.25, 0.3) is 6.41 Å². The lowest BCUT2D eigenvalue weighted by Crippen LogP contribution is -2.18. The molecule has 0 N–H and O–H groups in total. The molecular weight excluding hydrogens is 180 g/mol. The Labute approximate surface area is 84.9 Å². The van der Waals surface area contributed by atoms with E-state index in [2.05, 4.69) is 16.8 Å². The van der Waals surface area contributed by atoms with Crippen LogP contribution in [0.4, 0.5) is 0 Å². The van der Waals surface area contributed by atoms with Gasteiger partial charge in [0.1, 0.15) is 13.2 Å². The van der Waals surface area contributed by atoms with E-state index in [4.69, 9.17) is 22.3 Å². The van der Waals surface area contributed by atoms with E-state index in [9.17, 15) is 0 Å². The van der Waals surface area contributed by atoms with Crippen LogP contribution in [0.3, 0.4) is 0 Å². The molecule has 0 heterocycles. The van der Waals surface area contributed by atoms with E-state index < -0.39 is 6.41 Å². The van der Waals surface area contributed by atoms with Crippen LogP contribution in [-0.2, 0) is 9.47 Å². The van der Waals surface area contributed by atoms with E-state index in [1.807, 2.05) is 14.1 Å². The van der Waals surface area contributed by atoms with E-state index >= 15 is 0 Å². The zero-order valence-electron chi connectivity index (χ0n) is 8.43. The zero-order valence-corrected chi connectivity index (χ0v) is 8.43. The summed E-state index contributed by atoms with van der Waals surface area (Å²) < 4.78 is 10.1. The van der Waals surface area contributed by atoms with Crippen LogP contribution >= 0.6 is 0 Å². The van der Waals surface area contributed by atoms with Crippen molar-refractivity contribution in [2.24, 2.45) is 4.99 Å². The highest BCUT2D eigenvalue weighted by Gasteiger charge is 2.03. The fraction of sp³-hybridized carbons (Fsp3) is 0.500. The number of hydrogen-bond acceptors (Lipinski definition) is 3. The molecule has 0 aliphatic carbocycles. The third-order valence-corrected chi connectivity index (χ3v) is 1.04. The molecule has 4 heteroatoms. The molecule has 76 valence electrons. The van der Waals surface area contributed by atoms with Gasteiger partial charge in [0.2, 0.25) is 0 Å². The minimum Gasteiger partial charge on any atom is -0.369 e. The molecule has 0 bridgehead atoms. The Morgan fingerprint density at radius 2 is 1.79 bits per heavy atom. The van der Waals surface area contributed by atoms with Crippen LogP contribution in [0.2, 0.25) is 0 Å². The van der Waals surface area contributed by atoms with Crippen molar-refractivity contribution in [2.75, 3.05) is 27.3 Å². The van der Waals surface area contributed by atoms with Gasteiger partial charge in [0, 0.05) is 14.1 Å². The minimum atomic E-state index is -0.732. The summed E-state index contributed by atoms with van der Waals surface area (Å²) in [5, 5.41) is 0. The molecule has 0 rings (SSSR count). The van der Waals surface area contributed by atoms with Crippen LogP contribution in [0, 0.1) is 24.7 Å². The predicted molar refractivity (Wildman–Crippen MR) is 55.5 cm³/mol. The summed E-state index contributed by atoms with van der Waals surface area (Å²) in [5.41, 5.74) is 0. The number of aliphatic imine (C=N–C) groups is 1. The molecule has 0 atom stereocenters. The van der Waals surface area contributed by atoms with Gasteiger partial charge in [-0.25, -0.2) is 4.99 Å². The van der Waals surface area contributed by atoms with Gasteiger partial charge in [-0.3, -0.25) is 0 Å². The predicted octanol–water partition coefficient (Wildman–Crippen LogP) is 0.159. The van der Waals surface area contributed by atoms with Crippen molar-refractivity contribution >= 4 is 6.34 Å². The number of nitrogens with zero attached hydrogens (tertiary/aromatic N) is 2. The van der Waals surface area contributed by atoms with Gasteiger partial charge in [-0.1, -0.05) is 11.8 Å². The topological polar surface area (TPSA) is 34.1 Å². The summed E-state index contributed by atoms with van der Waals surface area (Å²) in [5.74, 6) is 4.64. The summed E-state index contributed by atoms with van der Waals surface area (Å²) in [7, 11) is 3.67. The maximum atomic E-state index is 5.07. The Morgan fingerprint density at radius 1 is 1.29 bits per heavy atom. The maximum absolute atomic E-state index is 5.07. The lowest BCUT2D eigenvalue weighted by Gasteiger charge is -2.12. The van der Waals surface area contributed by atoms with Crippen molar-refractivity contribution in [3.8, 4) is 24.7 Å². The fourth-order valence-electron chi connectivity index (χ4n) is 0.561. The zero-order chi connectivity index (χ0) is 10.8. The molecule has 0 radical (unpaired) electrons. The molecule has 0 aliphatic heterocycles. The number of rotatable bonds is 6. The van der Waals surface area contributed by atoms with E-state index in [1.165, 1.54) is 0 Å². The third kappa shape index (κ3) is 7.17. The number of hydrogen-bond donors (Lipinski definition) is 0. The molecule has 0 fully saturated rings. The second kappa shape index (κ2) is 8.12. The lowest BCUT2D eigenvalue weighted by atomic mass is 10.7. The Hall–Kier alpha value is -1.49. The average molecular weight is 194 g/mol. The molecule has 0 aromatic carbocycles. The highest BCUT2D eigenvalue weighted by molar-refractivity contribution is 5.53. The van der Waals surface area contributed by atoms with Crippen molar-refractivity contribution in [1.82, 2.24) is 4.90 Å². The van der Waals surface area contributed by atoms with Gasteiger partial charge < -0.3 is 14.4 Å². The highest BCUT2D eigenvalue weighted by atomic mass is 16.7. The van der Waals surface area contributed by atoms with Gasteiger partial charge in [-0.05, 0) is 0 Å². The normalized spacial score (nSPS) is 10.1. The van der Waals surface area contributed by atoms with Crippen LogP contribution in [0.5, 0.6) is 0 Å². The third-order valence-electron chi connectivity index (χ3n) is 1.04. The van der Waals surface area contributed by atoms with Crippen molar-refractivity contribution < 1.29 is 9.47 Å². The smallest absolute Gasteiger partial charge is 0.261 e. The van der Waals surface area contributed by atoms with E-state index in [0.717, 1.165) is 0 Å². The summed E-state index contributed by atoms with van der Waals surface area (Å²) in [6, 6.07) is 0. The van der Waals surface area contributed by atoms with Crippen LogP contribution < -0.4 is 0 Å². The summed E-state index contributed by atoms with van der Waals surface area (Å²) in [6.45, 7) is 0.278. The van der Waals surface area contributed by atoms with Crippen molar-refractivity contribution in [3.05, 3.63) is 0 Å². The molecule has 0 amide bonds. The van der Waals surface area contributed by atoms with Crippen molar-refractivity contribution in [2.45, 2.75) is 6.41 Å². The summed E-state index contributed by atoms with van der Waals surface area (Å²) in [4.78, 5) is 5.72. The molecule has 0 aromatic rings. The Kier molecular flexibility index (Phi) is 7.26. The van der Waals surface area contributed by atoms with Gasteiger partial charge in [0.15, 0.2) is 0 Å². The molecule has 0 saturated carbocycles. The van der Waals surface area contributed by atoms with Gasteiger partial charge in [-0.2, -0.15) is 0 Å².